The lowest BCUT2D eigenvalue weighted by atomic mass is 10.1. The molecule has 2 N–H and O–H groups in total. The highest BCUT2D eigenvalue weighted by Crippen LogP contribution is 2.44. The van der Waals surface area contributed by atoms with E-state index in [-0.39, 0.29) is 0 Å². The Hall–Kier alpha value is -0.290. The van der Waals surface area contributed by atoms with E-state index >= 15 is 0 Å². The Balaban J connectivity index is 1.97. The average Bonchev–Trinajstić information content (AvgIpc) is 3.08. The van der Waals surface area contributed by atoms with Gasteiger partial charge in [0.2, 0.25) is 0 Å². The van der Waals surface area contributed by atoms with E-state index in [0.717, 1.165) is 15.7 Å². The van der Waals surface area contributed by atoms with E-state index in [1.165, 1.54) is 29.1 Å². The fourth-order valence-electron chi connectivity index (χ4n) is 2.09. The van der Waals surface area contributed by atoms with Gasteiger partial charge in [-0.15, -0.1) is 11.3 Å². The third-order valence-electron chi connectivity index (χ3n) is 3.15. The second-order valence-corrected chi connectivity index (χ2v) is 7.50. The molecule has 0 saturated heterocycles. The molecular formula is C13H11BrCl2N2S. The fraction of sp³-hybridized carbons (Fsp3) is 0.308. The molecule has 0 aliphatic heterocycles. The molecule has 0 spiro atoms. The summed E-state index contributed by atoms with van der Waals surface area (Å²) in [6.07, 6.45) is 3.11. The van der Waals surface area contributed by atoms with Gasteiger partial charge in [0, 0.05) is 31.7 Å². The Morgan fingerprint density at radius 1 is 1.32 bits per heavy atom. The molecule has 0 bridgehead atoms. The molecule has 2 nitrogen and oxygen atoms in total. The topological polar surface area (TPSA) is 38.9 Å². The largest absolute Gasteiger partial charge is 0.375 e. The number of hydrogen-bond donors (Lipinski definition) is 1. The molecule has 2 aromatic rings. The number of benzene rings is 1. The highest BCUT2D eigenvalue weighted by molar-refractivity contribution is 9.10. The van der Waals surface area contributed by atoms with Crippen molar-refractivity contribution in [3.05, 3.63) is 42.8 Å². The van der Waals surface area contributed by atoms with Gasteiger partial charge in [-0.05, 0) is 30.5 Å². The van der Waals surface area contributed by atoms with E-state index in [1.54, 1.807) is 0 Å². The molecule has 0 unspecified atom stereocenters. The van der Waals surface area contributed by atoms with Gasteiger partial charge in [0.05, 0.1) is 5.69 Å². The summed E-state index contributed by atoms with van der Waals surface area (Å²) in [5.74, 6) is 0.580. The number of rotatable bonds is 3. The minimum Gasteiger partial charge on any atom is -0.375 e. The first-order chi connectivity index (χ1) is 9.04. The Morgan fingerprint density at radius 2 is 1.95 bits per heavy atom. The zero-order valence-electron chi connectivity index (χ0n) is 9.92. The molecule has 0 amide bonds. The summed E-state index contributed by atoms with van der Waals surface area (Å²) in [4.78, 5) is 5.63. The van der Waals surface area contributed by atoms with Crippen LogP contribution in [0.5, 0.6) is 0 Å². The minimum absolute atomic E-state index is 0.580. The van der Waals surface area contributed by atoms with Gasteiger partial charge < -0.3 is 5.73 Å². The van der Waals surface area contributed by atoms with E-state index < -0.39 is 0 Å². The van der Waals surface area contributed by atoms with Gasteiger partial charge in [-0.25, -0.2) is 4.98 Å². The number of hydrogen-bond acceptors (Lipinski definition) is 3. The second kappa shape index (κ2) is 5.24. The lowest BCUT2D eigenvalue weighted by Crippen LogP contribution is -1.93. The molecule has 1 aliphatic carbocycles. The van der Waals surface area contributed by atoms with Crippen molar-refractivity contribution < 1.29 is 0 Å². The first kappa shape index (κ1) is 13.7. The molecule has 1 aliphatic rings. The molecule has 1 heterocycles. The zero-order valence-corrected chi connectivity index (χ0v) is 13.8. The summed E-state index contributed by atoms with van der Waals surface area (Å²) in [7, 11) is 0. The van der Waals surface area contributed by atoms with Crippen molar-refractivity contribution in [2.24, 2.45) is 0 Å². The van der Waals surface area contributed by atoms with Crippen molar-refractivity contribution in [3.63, 3.8) is 0 Å². The fourth-order valence-corrected chi connectivity index (χ4v) is 4.36. The van der Waals surface area contributed by atoms with Crippen LogP contribution in [0.25, 0.3) is 0 Å². The van der Waals surface area contributed by atoms with Crippen molar-refractivity contribution in [2.45, 2.75) is 25.2 Å². The van der Waals surface area contributed by atoms with Crippen molar-refractivity contribution in [1.82, 2.24) is 4.98 Å². The molecule has 0 radical (unpaired) electrons. The van der Waals surface area contributed by atoms with Crippen molar-refractivity contribution in [1.29, 1.82) is 0 Å². The van der Waals surface area contributed by atoms with Crippen molar-refractivity contribution >= 4 is 55.6 Å². The van der Waals surface area contributed by atoms with Crippen LogP contribution < -0.4 is 5.73 Å². The lowest BCUT2D eigenvalue weighted by molar-refractivity contribution is 1.01. The Labute approximate surface area is 134 Å². The van der Waals surface area contributed by atoms with E-state index in [4.69, 9.17) is 28.9 Å². The Morgan fingerprint density at radius 3 is 2.53 bits per heavy atom. The number of halogens is 3. The number of nitrogens with two attached hydrogens (primary N) is 1. The van der Waals surface area contributed by atoms with Crippen LogP contribution in [-0.2, 0) is 6.42 Å². The summed E-state index contributed by atoms with van der Waals surface area (Å²) in [6, 6.07) is 3.73. The molecule has 1 saturated carbocycles. The molecule has 0 atom stereocenters. The SMILES string of the molecule is Nc1nc(C2CC2)c(Cc2c(Cl)cc(Br)cc2Cl)s1. The van der Waals surface area contributed by atoms with Crippen LogP contribution in [0.1, 0.15) is 34.9 Å². The number of aromatic nitrogens is 1. The maximum Gasteiger partial charge on any atom is 0.180 e. The van der Waals surface area contributed by atoms with Crippen LogP contribution in [-0.4, -0.2) is 4.98 Å². The van der Waals surface area contributed by atoms with E-state index in [9.17, 15) is 0 Å². The Bertz CT molecular complexity index is 615. The van der Waals surface area contributed by atoms with Gasteiger partial charge in [0.25, 0.3) is 0 Å². The normalized spacial score (nSPS) is 14.9. The predicted octanol–water partition coefficient (Wildman–Crippen LogP) is 5.26. The lowest BCUT2D eigenvalue weighted by Gasteiger charge is -2.07. The van der Waals surface area contributed by atoms with Gasteiger partial charge in [-0.3, -0.25) is 0 Å². The first-order valence-electron chi connectivity index (χ1n) is 5.93. The van der Waals surface area contributed by atoms with E-state index in [2.05, 4.69) is 20.9 Å². The number of nitrogen functional groups attached to an aromatic ring is 1. The number of anilines is 1. The third-order valence-corrected chi connectivity index (χ3v) is 5.18. The van der Waals surface area contributed by atoms with Gasteiger partial charge in [0.1, 0.15) is 0 Å². The van der Waals surface area contributed by atoms with Gasteiger partial charge in [0.15, 0.2) is 5.13 Å². The monoisotopic (exact) mass is 376 g/mol. The van der Waals surface area contributed by atoms with E-state index in [0.29, 0.717) is 27.5 Å². The molecule has 1 aromatic heterocycles. The Kier molecular flexibility index (Phi) is 3.78. The van der Waals surface area contributed by atoms with Gasteiger partial charge in [-0.1, -0.05) is 39.1 Å². The summed E-state index contributed by atoms with van der Waals surface area (Å²) >= 11 is 17.5. The quantitative estimate of drug-likeness (QED) is 0.791. The van der Waals surface area contributed by atoms with Crippen LogP contribution in [0.3, 0.4) is 0 Å². The maximum atomic E-state index is 6.28. The molecule has 1 aromatic carbocycles. The predicted molar refractivity (Wildman–Crippen MR) is 85.5 cm³/mol. The zero-order chi connectivity index (χ0) is 13.6. The summed E-state index contributed by atoms with van der Waals surface area (Å²) in [5.41, 5.74) is 7.91. The van der Waals surface area contributed by atoms with Crippen molar-refractivity contribution in [3.8, 4) is 0 Å². The average molecular weight is 378 g/mol. The molecule has 6 heteroatoms. The number of nitrogens with zero attached hydrogens (tertiary/aromatic N) is 1. The first-order valence-corrected chi connectivity index (χ1v) is 8.29. The smallest absolute Gasteiger partial charge is 0.180 e. The second-order valence-electron chi connectivity index (χ2n) is 4.66. The van der Waals surface area contributed by atoms with Crippen LogP contribution in [0.2, 0.25) is 10.0 Å². The van der Waals surface area contributed by atoms with Crippen LogP contribution in [0.15, 0.2) is 16.6 Å². The highest BCUT2D eigenvalue weighted by Gasteiger charge is 2.29. The van der Waals surface area contributed by atoms with Crippen LogP contribution >= 0.6 is 50.5 Å². The maximum absolute atomic E-state index is 6.28. The number of thiazole rings is 1. The summed E-state index contributed by atoms with van der Waals surface area (Å²) in [6.45, 7) is 0. The van der Waals surface area contributed by atoms with Crippen LogP contribution in [0, 0.1) is 0 Å². The molecule has 1 fully saturated rings. The molecule has 100 valence electrons. The van der Waals surface area contributed by atoms with Crippen LogP contribution in [0.4, 0.5) is 5.13 Å². The molecule has 19 heavy (non-hydrogen) atoms. The third kappa shape index (κ3) is 2.92. The van der Waals surface area contributed by atoms with Gasteiger partial charge in [-0.2, -0.15) is 0 Å². The summed E-state index contributed by atoms with van der Waals surface area (Å²) in [5, 5.41) is 1.97. The molecular weight excluding hydrogens is 367 g/mol. The minimum atomic E-state index is 0.580. The molecule has 3 rings (SSSR count). The van der Waals surface area contributed by atoms with Crippen molar-refractivity contribution in [2.75, 3.05) is 5.73 Å². The standard InChI is InChI=1S/C13H11BrCl2N2S/c14-7-3-9(15)8(10(16)4-7)5-11-12(6-1-2-6)18-13(17)19-11/h3-4,6H,1-2,5H2,(H2,17,18). The highest BCUT2D eigenvalue weighted by atomic mass is 79.9. The van der Waals surface area contributed by atoms with E-state index in [1.807, 2.05) is 12.1 Å². The summed E-state index contributed by atoms with van der Waals surface area (Å²) < 4.78 is 0.887. The van der Waals surface area contributed by atoms with Gasteiger partial charge >= 0.3 is 0 Å².